The largest absolute Gasteiger partial charge is 1.00 e. The fourth-order valence-corrected chi connectivity index (χ4v) is 0.0781. The first kappa shape index (κ1) is 30.5. The van der Waals surface area contributed by atoms with Crippen LogP contribution in [0.5, 0.6) is 0 Å². The van der Waals surface area contributed by atoms with E-state index in [-0.39, 0.29) is 88.7 Å². The molecule has 8 nitrogen and oxygen atoms in total. The summed E-state index contributed by atoms with van der Waals surface area (Å²) >= 11 is 0. The molecule has 15 heavy (non-hydrogen) atoms. The van der Waals surface area contributed by atoms with Crippen LogP contribution in [-0.4, -0.2) is 34.0 Å². The van der Waals surface area contributed by atoms with Gasteiger partial charge in [0.15, 0.2) is 6.10 Å². The van der Waals surface area contributed by atoms with Gasteiger partial charge in [0.2, 0.25) is 0 Å². The van der Waals surface area contributed by atoms with Gasteiger partial charge in [-0.3, -0.25) is 0 Å². The molecule has 0 fully saturated rings. The minimum Gasteiger partial charge on any atom is -0.822 e. The monoisotopic (exact) mass is 270 g/mol. The molecule has 0 heterocycles. The van der Waals surface area contributed by atoms with Crippen molar-refractivity contribution in [3.63, 3.8) is 0 Å². The second-order valence-corrected chi connectivity index (χ2v) is 2.38. The van der Waals surface area contributed by atoms with Gasteiger partial charge in [-0.25, -0.2) is 4.79 Å². The van der Waals surface area contributed by atoms with E-state index >= 15 is 0 Å². The number of aliphatic carboxylic acids is 1. The van der Waals surface area contributed by atoms with Gasteiger partial charge in [-0.2, -0.15) is 7.82 Å². The predicted molar refractivity (Wildman–Crippen MR) is 28.3 cm³/mol. The topological polar surface area (TPSA) is 164 Å². The molecule has 0 bridgehead atoms. The first-order valence-corrected chi connectivity index (χ1v) is 3.89. The average molecular weight is 270 g/mol. The third-order valence-electron chi connectivity index (χ3n) is 0.458. The standard InChI is InChI=1S/C3H6O4.3Na.H3O4P/c4-1-2(5)3(6)7;;;;1-5(2,3)4/h2,4-5H,1H2,(H,6,7);;;;(H3,1,2,3,4)/q;3*+1;/p-3. The summed E-state index contributed by atoms with van der Waals surface area (Å²) in [7, 11) is -5.39. The molecular weight excluding hydrogens is 264 g/mol. The zero-order valence-electron chi connectivity index (χ0n) is 8.61. The first-order chi connectivity index (χ1) is 5.18. The van der Waals surface area contributed by atoms with Crippen molar-refractivity contribution in [3.05, 3.63) is 0 Å². The third-order valence-corrected chi connectivity index (χ3v) is 0.458. The van der Waals surface area contributed by atoms with Crippen molar-refractivity contribution in [1.29, 1.82) is 0 Å². The van der Waals surface area contributed by atoms with Gasteiger partial charge in [0.1, 0.15) is 0 Å². The zero-order valence-corrected chi connectivity index (χ0v) is 15.5. The second kappa shape index (κ2) is 16.5. The minimum absolute atomic E-state index is 0. The van der Waals surface area contributed by atoms with E-state index in [0.717, 1.165) is 0 Å². The summed E-state index contributed by atoms with van der Waals surface area (Å²) in [6.07, 6.45) is -1.63. The number of hydrogen-bond donors (Lipinski definition) is 3. The quantitative estimate of drug-likeness (QED) is 0.328. The van der Waals surface area contributed by atoms with Gasteiger partial charge >= 0.3 is 94.6 Å². The van der Waals surface area contributed by atoms with E-state index in [1.807, 2.05) is 0 Å². The summed E-state index contributed by atoms with van der Waals surface area (Å²) in [6.45, 7) is -0.727. The van der Waals surface area contributed by atoms with Crippen molar-refractivity contribution in [2.45, 2.75) is 6.10 Å². The van der Waals surface area contributed by atoms with Crippen LogP contribution in [0.4, 0.5) is 0 Å². The van der Waals surface area contributed by atoms with E-state index in [9.17, 15) is 4.79 Å². The van der Waals surface area contributed by atoms with E-state index in [4.69, 9.17) is 34.6 Å². The van der Waals surface area contributed by atoms with Crippen LogP contribution in [0.1, 0.15) is 0 Å². The molecule has 0 aliphatic heterocycles. The van der Waals surface area contributed by atoms with Crippen molar-refractivity contribution in [3.8, 4) is 0 Å². The van der Waals surface area contributed by atoms with Gasteiger partial charge < -0.3 is 34.6 Å². The average Bonchev–Trinajstić information content (AvgIpc) is 1.82. The van der Waals surface area contributed by atoms with Gasteiger partial charge in [-0.1, -0.05) is 0 Å². The molecule has 1 atom stereocenters. The smallest absolute Gasteiger partial charge is 0.822 e. The summed E-state index contributed by atoms with van der Waals surface area (Å²) in [4.78, 5) is 35.2. The number of carboxylic acid groups (broad SMARTS) is 1. The Labute approximate surface area is 152 Å². The van der Waals surface area contributed by atoms with Crippen LogP contribution >= 0.6 is 7.82 Å². The van der Waals surface area contributed by atoms with Gasteiger partial charge in [0.25, 0.3) is 0 Å². The molecule has 0 radical (unpaired) electrons. The molecule has 1 unspecified atom stereocenters. The normalized spacial score (nSPS) is 10.2. The summed E-state index contributed by atoms with van der Waals surface area (Å²) in [5.74, 6) is -1.40. The molecule has 0 aliphatic rings. The molecule has 0 saturated carbocycles. The number of phosphoric acid groups is 1. The molecule has 0 aliphatic carbocycles. The maximum Gasteiger partial charge on any atom is 1.00 e. The first-order valence-electron chi connectivity index (χ1n) is 2.43. The Morgan fingerprint density at radius 2 is 1.40 bits per heavy atom. The van der Waals surface area contributed by atoms with Gasteiger partial charge in [0.05, 0.1) is 6.61 Å². The molecule has 0 aromatic carbocycles. The van der Waals surface area contributed by atoms with Crippen LogP contribution in [0.3, 0.4) is 0 Å². The number of aliphatic hydroxyl groups excluding tert-OH is 2. The van der Waals surface area contributed by atoms with Gasteiger partial charge in [-0.05, 0) is 0 Å². The molecule has 0 amide bonds. The maximum atomic E-state index is 9.52. The molecule has 0 saturated heterocycles. The van der Waals surface area contributed by atoms with Crippen molar-refractivity contribution < 1.29 is 128 Å². The third kappa shape index (κ3) is 48.0. The summed E-state index contributed by atoms with van der Waals surface area (Å²) in [6, 6.07) is 0. The van der Waals surface area contributed by atoms with Crippen molar-refractivity contribution in [2.75, 3.05) is 6.61 Å². The van der Waals surface area contributed by atoms with Crippen molar-refractivity contribution in [2.24, 2.45) is 0 Å². The molecule has 0 spiro atoms. The maximum absolute atomic E-state index is 9.52. The van der Waals surface area contributed by atoms with Crippen LogP contribution in [0.15, 0.2) is 0 Å². The molecular formula is C3H6Na3O8P. The van der Waals surface area contributed by atoms with Crippen LogP contribution in [-0.2, 0) is 9.36 Å². The fourth-order valence-electron chi connectivity index (χ4n) is 0.0781. The predicted octanol–water partition coefficient (Wildman–Crippen LogP) is -13.4. The molecule has 74 valence electrons. The van der Waals surface area contributed by atoms with Crippen LogP contribution in [0, 0.1) is 0 Å². The van der Waals surface area contributed by atoms with E-state index in [1.165, 1.54) is 0 Å². The molecule has 0 aromatic heterocycles. The summed E-state index contributed by atoms with van der Waals surface area (Å²) in [5.41, 5.74) is 0. The number of hydrogen-bond acceptors (Lipinski definition) is 7. The van der Waals surface area contributed by atoms with E-state index in [1.54, 1.807) is 0 Å². The molecule has 0 rings (SSSR count). The molecule has 12 heteroatoms. The molecule has 0 aromatic rings. The number of carbonyl (C=O) groups is 1. The Balaban J connectivity index is -0.0000000383. The Hall–Kier alpha value is 2.50. The Morgan fingerprint density at radius 3 is 1.40 bits per heavy atom. The van der Waals surface area contributed by atoms with Crippen molar-refractivity contribution in [1.82, 2.24) is 0 Å². The fraction of sp³-hybridized carbons (Fsp3) is 0.667. The SMILES string of the molecule is O=C(O)C(O)CO.O=P([O-])([O-])[O-].[Na+].[Na+].[Na+]. The minimum atomic E-state index is -5.39. The van der Waals surface area contributed by atoms with Gasteiger partial charge in [-0.15, -0.1) is 0 Å². The van der Waals surface area contributed by atoms with E-state index < -0.39 is 26.5 Å². The number of carboxylic acids is 1. The van der Waals surface area contributed by atoms with Crippen LogP contribution < -0.4 is 103 Å². The van der Waals surface area contributed by atoms with Crippen LogP contribution in [0.2, 0.25) is 0 Å². The number of rotatable bonds is 2. The van der Waals surface area contributed by atoms with Crippen molar-refractivity contribution >= 4 is 13.8 Å². The van der Waals surface area contributed by atoms with Gasteiger partial charge in [0, 0.05) is 0 Å². The van der Waals surface area contributed by atoms with E-state index in [0.29, 0.717) is 0 Å². The summed E-state index contributed by atoms with van der Waals surface area (Å²) in [5, 5.41) is 23.7. The number of aliphatic hydroxyl groups is 2. The summed E-state index contributed by atoms with van der Waals surface area (Å²) < 4.78 is 8.55. The Morgan fingerprint density at radius 1 is 1.20 bits per heavy atom. The zero-order chi connectivity index (χ0) is 10.4. The Bertz CT molecular complexity index is 174. The molecule has 3 N–H and O–H groups in total. The van der Waals surface area contributed by atoms with E-state index in [2.05, 4.69) is 0 Å². The second-order valence-electron chi connectivity index (χ2n) is 1.48. The Kier molecular flexibility index (Phi) is 33.5. The van der Waals surface area contributed by atoms with Crippen LogP contribution in [0.25, 0.3) is 0 Å².